The Labute approximate surface area is 107 Å². The van der Waals surface area contributed by atoms with E-state index in [0.717, 1.165) is 12.1 Å². The molecule has 1 heterocycles. The van der Waals surface area contributed by atoms with E-state index in [4.69, 9.17) is 0 Å². The Morgan fingerprint density at radius 2 is 1.89 bits per heavy atom. The second kappa shape index (κ2) is 4.46. The highest BCUT2D eigenvalue weighted by atomic mass is 32.2. The molecule has 0 aliphatic carbocycles. The number of hydrogen-bond acceptors (Lipinski definition) is 3. The number of fused-ring (bicyclic) bond motifs is 1. The minimum Gasteiger partial charge on any atom is -0.256 e. The average Bonchev–Trinajstić information content (AvgIpc) is 2.25. The molecule has 0 radical (unpaired) electrons. The second-order valence-electron chi connectivity index (χ2n) is 3.97. The number of sulfonamides is 1. The standard InChI is InChI=1S/C11H9F3N2O2S/c12-11(13,14)10(19(15,17)18)8-3-4-9-7(6-8)2-1-5-16-9/h1-6,10H,(H2,15,17,18). The van der Waals surface area contributed by atoms with Crippen molar-refractivity contribution in [2.24, 2.45) is 5.14 Å². The van der Waals surface area contributed by atoms with Crippen LogP contribution in [0.4, 0.5) is 13.2 Å². The van der Waals surface area contributed by atoms with Crippen LogP contribution in [0.3, 0.4) is 0 Å². The summed E-state index contributed by atoms with van der Waals surface area (Å²) in [7, 11) is -4.79. The van der Waals surface area contributed by atoms with Gasteiger partial charge in [-0.2, -0.15) is 13.2 Å². The number of halogens is 3. The maximum Gasteiger partial charge on any atom is 0.410 e. The van der Waals surface area contributed by atoms with E-state index in [-0.39, 0.29) is 0 Å². The highest BCUT2D eigenvalue weighted by Gasteiger charge is 2.48. The van der Waals surface area contributed by atoms with Gasteiger partial charge in [0.05, 0.1) is 5.52 Å². The van der Waals surface area contributed by atoms with Gasteiger partial charge in [-0.15, -0.1) is 0 Å². The van der Waals surface area contributed by atoms with Crippen LogP contribution in [0.25, 0.3) is 10.9 Å². The Balaban J connectivity index is 2.64. The van der Waals surface area contributed by atoms with E-state index in [1.165, 1.54) is 12.3 Å². The first-order valence-corrected chi connectivity index (χ1v) is 6.73. The van der Waals surface area contributed by atoms with E-state index in [1.807, 2.05) is 0 Å². The van der Waals surface area contributed by atoms with Crippen molar-refractivity contribution in [3.63, 3.8) is 0 Å². The van der Waals surface area contributed by atoms with Gasteiger partial charge in [0, 0.05) is 11.6 Å². The molecular formula is C11H9F3N2O2S. The summed E-state index contributed by atoms with van der Waals surface area (Å²) in [4.78, 5) is 3.94. The maximum absolute atomic E-state index is 12.8. The summed E-state index contributed by atoms with van der Waals surface area (Å²) in [5.74, 6) is 0. The second-order valence-corrected chi connectivity index (χ2v) is 5.62. The highest BCUT2D eigenvalue weighted by Crippen LogP contribution is 2.38. The number of aromatic nitrogens is 1. The first-order valence-electron chi connectivity index (χ1n) is 5.12. The molecule has 0 spiro atoms. The molecular weight excluding hydrogens is 281 g/mol. The van der Waals surface area contributed by atoms with Gasteiger partial charge in [-0.3, -0.25) is 4.98 Å². The molecule has 4 nitrogen and oxygen atoms in total. The number of nitrogens with zero attached hydrogens (tertiary/aromatic N) is 1. The van der Waals surface area contributed by atoms with Crippen molar-refractivity contribution in [3.05, 3.63) is 42.1 Å². The molecule has 0 aliphatic heterocycles. The lowest BCUT2D eigenvalue weighted by atomic mass is 10.1. The van der Waals surface area contributed by atoms with Crippen LogP contribution in [0.1, 0.15) is 10.8 Å². The van der Waals surface area contributed by atoms with Crippen molar-refractivity contribution in [3.8, 4) is 0 Å². The van der Waals surface area contributed by atoms with Crippen molar-refractivity contribution < 1.29 is 21.6 Å². The SMILES string of the molecule is NS(=O)(=O)C(c1ccc2ncccc2c1)C(F)(F)F. The van der Waals surface area contributed by atoms with Gasteiger partial charge < -0.3 is 0 Å². The van der Waals surface area contributed by atoms with Crippen LogP contribution in [0.5, 0.6) is 0 Å². The lowest BCUT2D eigenvalue weighted by molar-refractivity contribution is -0.131. The molecule has 0 saturated carbocycles. The number of pyridine rings is 1. The summed E-state index contributed by atoms with van der Waals surface area (Å²) in [5, 5.41) is 2.36. The number of primary sulfonamides is 1. The summed E-state index contributed by atoms with van der Waals surface area (Å²) < 4.78 is 60.8. The lowest BCUT2D eigenvalue weighted by Crippen LogP contribution is -2.33. The Hall–Kier alpha value is -1.67. The van der Waals surface area contributed by atoms with Gasteiger partial charge in [-0.25, -0.2) is 13.6 Å². The van der Waals surface area contributed by atoms with Gasteiger partial charge in [0.15, 0.2) is 5.25 Å². The molecule has 102 valence electrons. The van der Waals surface area contributed by atoms with Gasteiger partial charge in [-0.1, -0.05) is 12.1 Å². The van der Waals surface area contributed by atoms with Gasteiger partial charge in [0.2, 0.25) is 10.0 Å². The molecule has 0 bridgehead atoms. The normalized spacial score (nSPS) is 14.5. The molecule has 2 aromatic rings. The molecule has 0 amide bonds. The number of rotatable bonds is 2. The zero-order valence-electron chi connectivity index (χ0n) is 9.42. The molecule has 0 saturated heterocycles. The Bertz CT molecular complexity index is 713. The largest absolute Gasteiger partial charge is 0.410 e. The van der Waals surface area contributed by atoms with E-state index in [0.29, 0.717) is 10.9 Å². The Kier molecular flexibility index (Phi) is 3.23. The summed E-state index contributed by atoms with van der Waals surface area (Å²) in [6.45, 7) is 0. The third-order valence-corrected chi connectivity index (χ3v) is 3.75. The van der Waals surface area contributed by atoms with Crippen LogP contribution in [-0.4, -0.2) is 19.6 Å². The van der Waals surface area contributed by atoms with Crippen LogP contribution >= 0.6 is 0 Å². The quantitative estimate of drug-likeness (QED) is 0.920. The molecule has 8 heteroatoms. The fourth-order valence-electron chi connectivity index (χ4n) is 1.82. The molecule has 19 heavy (non-hydrogen) atoms. The van der Waals surface area contributed by atoms with Crippen molar-refractivity contribution in [1.82, 2.24) is 4.98 Å². The highest BCUT2D eigenvalue weighted by molar-refractivity contribution is 7.89. The van der Waals surface area contributed by atoms with Crippen molar-refractivity contribution in [2.45, 2.75) is 11.4 Å². The number of hydrogen-bond donors (Lipinski definition) is 1. The zero-order valence-corrected chi connectivity index (χ0v) is 10.2. The van der Waals surface area contributed by atoms with Gasteiger partial charge in [0.25, 0.3) is 0 Å². The van der Waals surface area contributed by atoms with E-state index >= 15 is 0 Å². The van der Waals surface area contributed by atoms with Crippen LogP contribution in [0.2, 0.25) is 0 Å². The predicted octanol–water partition coefficient (Wildman–Crippen LogP) is 2.13. The fourth-order valence-corrected chi connectivity index (χ4v) is 2.72. The summed E-state index contributed by atoms with van der Waals surface area (Å²) >= 11 is 0. The van der Waals surface area contributed by atoms with Gasteiger partial charge in [-0.05, 0) is 23.8 Å². The van der Waals surface area contributed by atoms with Crippen LogP contribution in [-0.2, 0) is 10.0 Å². The molecule has 0 fully saturated rings. The van der Waals surface area contributed by atoms with Crippen LogP contribution in [0.15, 0.2) is 36.5 Å². The average molecular weight is 290 g/mol. The van der Waals surface area contributed by atoms with Crippen molar-refractivity contribution in [2.75, 3.05) is 0 Å². The van der Waals surface area contributed by atoms with Crippen LogP contribution < -0.4 is 5.14 Å². The third kappa shape index (κ3) is 2.85. The molecule has 1 unspecified atom stereocenters. The smallest absolute Gasteiger partial charge is 0.256 e. The molecule has 1 aromatic heterocycles. The number of alkyl halides is 3. The van der Waals surface area contributed by atoms with Crippen molar-refractivity contribution >= 4 is 20.9 Å². The monoisotopic (exact) mass is 290 g/mol. The molecule has 1 atom stereocenters. The summed E-state index contributed by atoms with van der Waals surface area (Å²) in [6, 6.07) is 6.62. The van der Waals surface area contributed by atoms with E-state index in [9.17, 15) is 21.6 Å². The summed E-state index contributed by atoms with van der Waals surface area (Å²) in [5.41, 5.74) is 0.0529. The lowest BCUT2D eigenvalue weighted by Gasteiger charge is -2.18. The minimum atomic E-state index is -4.97. The fraction of sp³-hybridized carbons (Fsp3) is 0.182. The van der Waals surface area contributed by atoms with Gasteiger partial charge in [0.1, 0.15) is 0 Å². The van der Waals surface area contributed by atoms with Crippen LogP contribution in [0, 0.1) is 0 Å². The minimum absolute atomic E-state index is 0.415. The number of benzene rings is 1. The first kappa shape index (κ1) is 13.8. The summed E-state index contributed by atoms with van der Waals surface area (Å²) in [6.07, 6.45) is -3.48. The topological polar surface area (TPSA) is 73.1 Å². The van der Waals surface area contributed by atoms with E-state index in [1.54, 1.807) is 12.1 Å². The maximum atomic E-state index is 12.8. The van der Waals surface area contributed by atoms with E-state index < -0.39 is 27.0 Å². The van der Waals surface area contributed by atoms with E-state index in [2.05, 4.69) is 10.1 Å². The third-order valence-electron chi connectivity index (χ3n) is 2.56. The predicted molar refractivity (Wildman–Crippen MR) is 63.6 cm³/mol. The molecule has 2 N–H and O–H groups in total. The first-order chi connectivity index (χ1) is 8.69. The number of nitrogens with two attached hydrogens (primary N) is 1. The molecule has 1 aromatic carbocycles. The molecule has 2 rings (SSSR count). The van der Waals surface area contributed by atoms with Crippen molar-refractivity contribution in [1.29, 1.82) is 0 Å². The Morgan fingerprint density at radius 3 is 2.47 bits per heavy atom. The van der Waals surface area contributed by atoms with Gasteiger partial charge >= 0.3 is 6.18 Å². The molecule has 0 aliphatic rings. The zero-order chi connectivity index (χ0) is 14.3. The Morgan fingerprint density at radius 1 is 1.21 bits per heavy atom.